The number of carbonyl (C=O) groups excluding carboxylic acids is 2. The number of imide groups is 1. The molecule has 0 bridgehead atoms. The molecule has 1 heterocycles. The summed E-state index contributed by atoms with van der Waals surface area (Å²) in [6.45, 7) is 5.12. The average molecular weight is 405 g/mol. The van der Waals surface area contributed by atoms with Crippen LogP contribution in [0.5, 0.6) is 5.75 Å². The molecule has 2 unspecified atom stereocenters. The fraction of sp³-hybridized carbons (Fsp3) is 0.600. The highest BCUT2D eigenvalue weighted by Crippen LogP contribution is 2.31. The van der Waals surface area contributed by atoms with Crippen molar-refractivity contribution in [1.82, 2.24) is 15.6 Å². The molecule has 8 nitrogen and oxygen atoms in total. The Bertz CT molecular complexity index is 752. The lowest BCUT2D eigenvalue weighted by molar-refractivity contribution is -0.137. The van der Waals surface area contributed by atoms with E-state index < -0.39 is 0 Å². The summed E-state index contributed by atoms with van der Waals surface area (Å²) in [6.07, 6.45) is 2.83. The molecule has 0 spiro atoms. The number of nitrogens with one attached hydrogen (secondary N) is 2. The van der Waals surface area contributed by atoms with E-state index >= 15 is 0 Å². The molecular formula is C20H28FN5O3. The third kappa shape index (κ3) is 6.22. The molecule has 29 heavy (non-hydrogen) atoms. The molecule has 1 saturated heterocycles. The Morgan fingerprint density at radius 1 is 1.31 bits per heavy atom. The maximum absolute atomic E-state index is 14.0. The molecule has 158 valence electrons. The van der Waals surface area contributed by atoms with Gasteiger partial charge in [0.25, 0.3) is 0 Å². The lowest BCUT2D eigenvalue weighted by atomic mass is 9.96. The lowest BCUT2D eigenvalue weighted by Crippen LogP contribution is -2.56. The number of benzene rings is 1. The van der Waals surface area contributed by atoms with Crippen LogP contribution in [0, 0.1) is 11.7 Å². The van der Waals surface area contributed by atoms with E-state index in [2.05, 4.69) is 21.1 Å². The molecular weight excluding hydrogens is 377 g/mol. The Hall–Kier alpha value is -2.55. The number of piperazine rings is 1. The van der Waals surface area contributed by atoms with Crippen LogP contribution in [0.25, 0.3) is 0 Å². The first-order chi connectivity index (χ1) is 14.0. The number of rotatable bonds is 10. The second kappa shape index (κ2) is 9.78. The number of hydrogen-bond acceptors (Lipinski definition) is 6. The summed E-state index contributed by atoms with van der Waals surface area (Å²) in [6, 6.07) is 4.96. The van der Waals surface area contributed by atoms with Gasteiger partial charge in [-0.05, 0) is 49.8 Å². The highest BCUT2D eigenvalue weighted by molar-refractivity contribution is 5.99. The SMILES string of the molecule is CCC(CN=NNC(C)N1CC(=O)NC(=O)C1)c1ccc(F)c(OCC2CC2)c1. The number of ether oxygens (including phenoxy) is 1. The molecule has 9 heteroatoms. The van der Waals surface area contributed by atoms with Gasteiger partial charge in [0.15, 0.2) is 11.6 Å². The molecule has 0 radical (unpaired) electrons. The van der Waals surface area contributed by atoms with Crippen molar-refractivity contribution in [3.8, 4) is 5.75 Å². The first-order valence-corrected chi connectivity index (χ1v) is 10.1. The van der Waals surface area contributed by atoms with Crippen LogP contribution in [-0.4, -0.2) is 49.1 Å². The van der Waals surface area contributed by atoms with Crippen LogP contribution in [0.2, 0.25) is 0 Å². The molecule has 2 fully saturated rings. The van der Waals surface area contributed by atoms with E-state index in [0.717, 1.165) is 24.8 Å². The second-order valence-electron chi connectivity index (χ2n) is 7.65. The third-order valence-corrected chi connectivity index (χ3v) is 5.23. The Balaban J connectivity index is 1.52. The zero-order valence-corrected chi connectivity index (χ0v) is 16.9. The predicted molar refractivity (Wildman–Crippen MR) is 105 cm³/mol. The lowest BCUT2D eigenvalue weighted by Gasteiger charge is -2.29. The van der Waals surface area contributed by atoms with Crippen LogP contribution in [0.15, 0.2) is 28.5 Å². The van der Waals surface area contributed by atoms with Crippen molar-refractivity contribution in [3.05, 3.63) is 29.6 Å². The van der Waals surface area contributed by atoms with Gasteiger partial charge >= 0.3 is 0 Å². The molecule has 2 aliphatic rings. The normalized spacial score (nSPS) is 19.8. The molecule has 2 atom stereocenters. The molecule has 3 rings (SSSR count). The van der Waals surface area contributed by atoms with E-state index in [1.54, 1.807) is 17.0 Å². The van der Waals surface area contributed by atoms with Gasteiger partial charge < -0.3 is 4.74 Å². The van der Waals surface area contributed by atoms with Crippen molar-refractivity contribution >= 4 is 11.8 Å². The minimum Gasteiger partial charge on any atom is -0.490 e. The van der Waals surface area contributed by atoms with E-state index in [-0.39, 0.29) is 42.8 Å². The minimum atomic E-state index is -0.346. The maximum Gasteiger partial charge on any atom is 0.240 e. The molecule has 1 aromatic rings. The minimum absolute atomic E-state index is 0.0853. The summed E-state index contributed by atoms with van der Waals surface area (Å²) in [5, 5.41) is 10.5. The topological polar surface area (TPSA) is 95.4 Å². The van der Waals surface area contributed by atoms with Crippen molar-refractivity contribution in [2.45, 2.75) is 45.2 Å². The van der Waals surface area contributed by atoms with Gasteiger partial charge in [0.1, 0.15) is 0 Å². The largest absolute Gasteiger partial charge is 0.490 e. The predicted octanol–water partition coefficient (Wildman–Crippen LogP) is 2.37. The Kier molecular flexibility index (Phi) is 7.13. The van der Waals surface area contributed by atoms with Crippen molar-refractivity contribution in [2.75, 3.05) is 26.2 Å². The molecule has 2 N–H and O–H groups in total. The fourth-order valence-corrected chi connectivity index (χ4v) is 3.13. The molecule has 1 aromatic carbocycles. The van der Waals surface area contributed by atoms with Crippen LogP contribution < -0.4 is 15.5 Å². The maximum atomic E-state index is 14.0. The van der Waals surface area contributed by atoms with Gasteiger partial charge in [0.2, 0.25) is 11.8 Å². The van der Waals surface area contributed by atoms with E-state index in [9.17, 15) is 14.0 Å². The van der Waals surface area contributed by atoms with Crippen molar-refractivity contribution in [3.63, 3.8) is 0 Å². The number of nitrogens with zero attached hydrogens (tertiary/aromatic N) is 3. The summed E-state index contributed by atoms with van der Waals surface area (Å²) >= 11 is 0. The van der Waals surface area contributed by atoms with E-state index in [1.807, 2.05) is 13.8 Å². The van der Waals surface area contributed by atoms with E-state index in [1.165, 1.54) is 6.07 Å². The van der Waals surface area contributed by atoms with E-state index in [0.29, 0.717) is 24.8 Å². The van der Waals surface area contributed by atoms with Crippen molar-refractivity contribution in [2.24, 2.45) is 16.3 Å². The Labute approximate surface area is 169 Å². The quantitative estimate of drug-likeness (QED) is 0.354. The average Bonchev–Trinajstić information content (AvgIpc) is 3.51. The van der Waals surface area contributed by atoms with Crippen LogP contribution in [0.3, 0.4) is 0 Å². The molecule has 1 aliphatic carbocycles. The summed E-state index contributed by atoms with van der Waals surface area (Å²) in [5.41, 5.74) is 3.81. The van der Waals surface area contributed by atoms with Gasteiger partial charge in [-0.15, -0.1) is 0 Å². The van der Waals surface area contributed by atoms with Gasteiger partial charge in [0, 0.05) is 5.92 Å². The zero-order chi connectivity index (χ0) is 20.8. The van der Waals surface area contributed by atoms with Crippen molar-refractivity contribution < 1.29 is 18.7 Å². The standard InChI is InChI=1S/C20H28FN5O3/c1-3-15(16-6-7-17(21)18(8-16)29-12-14-4-5-14)9-22-25-24-13(2)26-10-19(27)23-20(28)11-26/h6-8,13-15H,3-5,9-12H2,1-2H3,(H,22,24)(H,23,27,28). The first kappa shape index (κ1) is 21.2. The smallest absolute Gasteiger partial charge is 0.240 e. The van der Waals surface area contributed by atoms with Crippen LogP contribution >= 0.6 is 0 Å². The van der Waals surface area contributed by atoms with Crippen LogP contribution in [-0.2, 0) is 9.59 Å². The fourth-order valence-electron chi connectivity index (χ4n) is 3.13. The highest BCUT2D eigenvalue weighted by Gasteiger charge is 2.26. The molecule has 0 aromatic heterocycles. The first-order valence-electron chi connectivity index (χ1n) is 10.1. The molecule has 1 aliphatic heterocycles. The summed E-state index contributed by atoms with van der Waals surface area (Å²) in [7, 11) is 0. The molecule has 2 amide bonds. The Morgan fingerprint density at radius 2 is 2.03 bits per heavy atom. The van der Waals surface area contributed by atoms with Gasteiger partial charge in [-0.1, -0.05) is 18.2 Å². The summed E-state index contributed by atoms with van der Waals surface area (Å²) in [4.78, 5) is 24.6. The monoisotopic (exact) mass is 405 g/mol. The number of carbonyl (C=O) groups is 2. The van der Waals surface area contributed by atoms with Crippen molar-refractivity contribution in [1.29, 1.82) is 0 Å². The zero-order valence-electron chi connectivity index (χ0n) is 16.9. The van der Waals surface area contributed by atoms with Crippen LogP contribution in [0.1, 0.15) is 44.6 Å². The third-order valence-electron chi connectivity index (χ3n) is 5.23. The number of halogens is 1. The van der Waals surface area contributed by atoms with Crippen LogP contribution in [0.4, 0.5) is 4.39 Å². The number of hydrogen-bond donors (Lipinski definition) is 2. The second-order valence-corrected chi connectivity index (χ2v) is 7.65. The van der Waals surface area contributed by atoms with Gasteiger partial charge in [-0.3, -0.25) is 25.2 Å². The summed E-state index contributed by atoms with van der Waals surface area (Å²) < 4.78 is 19.6. The molecule has 1 saturated carbocycles. The van der Waals surface area contributed by atoms with Gasteiger partial charge in [0.05, 0.1) is 32.4 Å². The van der Waals surface area contributed by atoms with Gasteiger partial charge in [-0.25, -0.2) is 4.39 Å². The van der Waals surface area contributed by atoms with E-state index in [4.69, 9.17) is 4.74 Å². The highest BCUT2D eigenvalue weighted by atomic mass is 19.1. The number of amides is 2. The Morgan fingerprint density at radius 3 is 2.69 bits per heavy atom. The van der Waals surface area contributed by atoms with Gasteiger partial charge in [-0.2, -0.15) is 5.11 Å². The summed E-state index contributed by atoms with van der Waals surface area (Å²) in [5.74, 6) is -0.0564.